The first kappa shape index (κ1) is 15.0. The van der Waals surface area contributed by atoms with Gasteiger partial charge in [-0.2, -0.15) is 0 Å². The zero-order chi connectivity index (χ0) is 14.8. The van der Waals surface area contributed by atoms with E-state index in [2.05, 4.69) is 17.9 Å². The number of carbonyl (C=O) groups is 1. The quantitative estimate of drug-likeness (QED) is 0.537. The van der Waals surface area contributed by atoms with Crippen LogP contribution in [0.25, 0.3) is 0 Å². The lowest BCUT2D eigenvalue weighted by molar-refractivity contribution is -0.00146. The minimum atomic E-state index is -0.428. The van der Waals surface area contributed by atoms with Gasteiger partial charge in [0.1, 0.15) is 5.60 Å². The summed E-state index contributed by atoms with van der Waals surface area (Å²) in [6, 6.07) is 0.494. The fraction of sp³-hybridized carbons (Fsp3) is 0.706. The smallest absolute Gasteiger partial charge is 0.411 e. The fourth-order valence-corrected chi connectivity index (χ4v) is 3.05. The lowest BCUT2D eigenvalue weighted by atomic mass is 9.84. The summed E-state index contributed by atoms with van der Waals surface area (Å²) in [6.45, 7) is 7.63. The van der Waals surface area contributed by atoms with Crippen LogP contribution in [-0.4, -0.2) is 28.7 Å². The Bertz CT molecular complexity index is 462. The summed E-state index contributed by atoms with van der Waals surface area (Å²) >= 11 is 0. The second kappa shape index (κ2) is 5.91. The molecule has 0 N–H and O–H groups in total. The van der Waals surface area contributed by atoms with Crippen molar-refractivity contribution in [2.75, 3.05) is 0 Å². The number of carbonyl (C=O) groups excluding carboxylic acids is 1. The molecule has 110 valence electrons. The van der Waals surface area contributed by atoms with E-state index in [4.69, 9.17) is 4.74 Å². The second-order valence-electron chi connectivity index (χ2n) is 6.67. The summed E-state index contributed by atoms with van der Waals surface area (Å²) in [7, 11) is 0. The Kier molecular flexibility index (Phi) is 4.42. The van der Waals surface area contributed by atoms with Gasteiger partial charge in [0, 0.05) is 12.5 Å². The van der Waals surface area contributed by atoms with Crippen LogP contribution in [0.1, 0.15) is 59.8 Å². The predicted molar refractivity (Wildman–Crippen MR) is 80.3 cm³/mol. The van der Waals surface area contributed by atoms with Gasteiger partial charge in [0.2, 0.25) is 0 Å². The van der Waals surface area contributed by atoms with Gasteiger partial charge in [-0.25, -0.2) is 4.79 Å². The maximum Gasteiger partial charge on any atom is 0.411 e. The van der Waals surface area contributed by atoms with Crippen molar-refractivity contribution in [3.05, 3.63) is 11.6 Å². The number of rotatable bonds is 1. The summed E-state index contributed by atoms with van der Waals surface area (Å²) in [4.78, 5) is 14.4. The van der Waals surface area contributed by atoms with Crippen molar-refractivity contribution in [3.8, 4) is 11.8 Å². The highest BCUT2D eigenvalue weighted by atomic mass is 16.6. The van der Waals surface area contributed by atoms with Crippen LogP contribution in [0.3, 0.4) is 0 Å². The summed E-state index contributed by atoms with van der Waals surface area (Å²) in [5.41, 5.74) is 0.956. The molecule has 0 aromatic rings. The van der Waals surface area contributed by atoms with E-state index in [0.29, 0.717) is 6.04 Å². The predicted octanol–water partition coefficient (Wildman–Crippen LogP) is 3.89. The molecular formula is C17H25NO2. The van der Waals surface area contributed by atoms with Gasteiger partial charge in [0.15, 0.2) is 0 Å². The van der Waals surface area contributed by atoms with E-state index in [-0.39, 0.29) is 12.1 Å². The SMILES string of the molecule is CC#CCC1=CC2CCCC(C1)N2C(=O)OC(C)(C)C. The minimum Gasteiger partial charge on any atom is -0.444 e. The van der Waals surface area contributed by atoms with Gasteiger partial charge in [-0.1, -0.05) is 17.6 Å². The van der Waals surface area contributed by atoms with E-state index in [1.807, 2.05) is 32.6 Å². The molecule has 2 bridgehead atoms. The van der Waals surface area contributed by atoms with Gasteiger partial charge in [0.05, 0.1) is 6.04 Å². The van der Waals surface area contributed by atoms with E-state index in [1.165, 1.54) is 12.0 Å². The van der Waals surface area contributed by atoms with Gasteiger partial charge in [-0.15, -0.1) is 5.92 Å². The van der Waals surface area contributed by atoms with Crippen molar-refractivity contribution in [1.29, 1.82) is 0 Å². The highest BCUT2D eigenvalue weighted by Crippen LogP contribution is 2.35. The van der Waals surface area contributed by atoms with E-state index < -0.39 is 5.60 Å². The Labute approximate surface area is 122 Å². The topological polar surface area (TPSA) is 29.5 Å². The van der Waals surface area contributed by atoms with Crippen LogP contribution in [0, 0.1) is 11.8 Å². The van der Waals surface area contributed by atoms with Crippen molar-refractivity contribution >= 4 is 6.09 Å². The maximum absolute atomic E-state index is 12.4. The molecule has 1 amide bonds. The van der Waals surface area contributed by atoms with Crippen molar-refractivity contribution in [2.45, 2.75) is 77.5 Å². The fourth-order valence-electron chi connectivity index (χ4n) is 3.05. The Balaban J connectivity index is 2.13. The summed E-state index contributed by atoms with van der Waals surface area (Å²) in [6.07, 6.45) is 7.17. The molecule has 2 rings (SSSR count). The van der Waals surface area contributed by atoms with Gasteiger partial charge < -0.3 is 4.74 Å². The molecule has 1 fully saturated rings. The Morgan fingerprint density at radius 3 is 2.80 bits per heavy atom. The van der Waals surface area contributed by atoms with E-state index in [9.17, 15) is 4.79 Å². The number of amides is 1. The molecule has 1 saturated heterocycles. The molecule has 2 aliphatic rings. The molecule has 0 aromatic carbocycles. The van der Waals surface area contributed by atoms with E-state index >= 15 is 0 Å². The molecule has 2 aliphatic heterocycles. The zero-order valence-corrected chi connectivity index (χ0v) is 13.0. The van der Waals surface area contributed by atoms with Crippen molar-refractivity contribution in [3.63, 3.8) is 0 Å². The number of hydrogen-bond donors (Lipinski definition) is 0. The molecule has 0 aliphatic carbocycles. The highest BCUT2D eigenvalue weighted by Gasteiger charge is 2.38. The van der Waals surface area contributed by atoms with Crippen LogP contribution in [-0.2, 0) is 4.74 Å². The van der Waals surface area contributed by atoms with Crippen LogP contribution < -0.4 is 0 Å². The average molecular weight is 275 g/mol. The monoisotopic (exact) mass is 275 g/mol. The number of hydrogen-bond acceptors (Lipinski definition) is 2. The van der Waals surface area contributed by atoms with Crippen molar-refractivity contribution < 1.29 is 9.53 Å². The number of ether oxygens (including phenoxy) is 1. The molecule has 3 nitrogen and oxygen atoms in total. The lowest BCUT2D eigenvalue weighted by Crippen LogP contribution is -2.53. The zero-order valence-electron chi connectivity index (χ0n) is 13.0. The summed E-state index contributed by atoms with van der Waals surface area (Å²) < 4.78 is 5.56. The molecule has 0 spiro atoms. The Hall–Kier alpha value is -1.43. The molecule has 2 atom stereocenters. The third kappa shape index (κ3) is 3.56. The molecule has 0 aromatic heterocycles. The van der Waals surface area contributed by atoms with Crippen molar-refractivity contribution in [2.24, 2.45) is 0 Å². The van der Waals surface area contributed by atoms with Crippen LogP contribution in [0.5, 0.6) is 0 Å². The first-order chi connectivity index (χ1) is 9.40. The number of nitrogens with zero attached hydrogens (tertiary/aromatic N) is 1. The summed E-state index contributed by atoms with van der Waals surface area (Å²) in [5.74, 6) is 6.09. The highest BCUT2D eigenvalue weighted by molar-refractivity contribution is 5.70. The molecule has 20 heavy (non-hydrogen) atoms. The molecule has 2 unspecified atom stereocenters. The standard InChI is InChI=1S/C17H25NO2/c1-5-6-8-13-11-14-9-7-10-15(12-13)18(14)16(19)20-17(2,3)4/h11,14-15H,7-10,12H2,1-4H3. The second-order valence-corrected chi connectivity index (χ2v) is 6.67. The van der Waals surface area contributed by atoms with Crippen LogP contribution in [0.15, 0.2) is 11.6 Å². The van der Waals surface area contributed by atoms with E-state index in [0.717, 1.165) is 25.7 Å². The molecule has 0 saturated carbocycles. The number of piperidine rings is 1. The Morgan fingerprint density at radius 2 is 2.20 bits per heavy atom. The van der Waals surface area contributed by atoms with Gasteiger partial charge in [-0.05, 0) is 53.4 Å². The third-order valence-electron chi connectivity index (χ3n) is 3.81. The lowest BCUT2D eigenvalue weighted by Gasteiger charge is -2.45. The van der Waals surface area contributed by atoms with Gasteiger partial charge in [0.25, 0.3) is 0 Å². The van der Waals surface area contributed by atoms with Crippen LogP contribution in [0.4, 0.5) is 4.79 Å². The first-order valence-corrected chi connectivity index (χ1v) is 7.51. The molecular weight excluding hydrogens is 250 g/mol. The van der Waals surface area contributed by atoms with Gasteiger partial charge >= 0.3 is 6.09 Å². The molecule has 2 heterocycles. The van der Waals surface area contributed by atoms with Gasteiger partial charge in [-0.3, -0.25) is 4.90 Å². The molecule has 0 radical (unpaired) electrons. The molecule has 3 heteroatoms. The van der Waals surface area contributed by atoms with Crippen LogP contribution in [0.2, 0.25) is 0 Å². The maximum atomic E-state index is 12.4. The summed E-state index contributed by atoms with van der Waals surface area (Å²) in [5, 5.41) is 0. The van der Waals surface area contributed by atoms with E-state index in [1.54, 1.807) is 0 Å². The average Bonchev–Trinajstić information content (AvgIpc) is 2.32. The van der Waals surface area contributed by atoms with Crippen LogP contribution >= 0.6 is 0 Å². The number of fused-ring (bicyclic) bond motifs is 2. The normalized spacial score (nSPS) is 25.4. The Morgan fingerprint density at radius 1 is 1.45 bits per heavy atom. The first-order valence-electron chi connectivity index (χ1n) is 7.51. The van der Waals surface area contributed by atoms with Crippen molar-refractivity contribution in [1.82, 2.24) is 4.90 Å². The third-order valence-corrected chi connectivity index (χ3v) is 3.81. The minimum absolute atomic E-state index is 0.163. The largest absolute Gasteiger partial charge is 0.444 e.